The number of hydrogen-bond donors (Lipinski definition) is 5. The summed E-state index contributed by atoms with van der Waals surface area (Å²) in [6.07, 6.45) is 10.4. The Morgan fingerprint density at radius 3 is 2.39 bits per heavy atom. The van der Waals surface area contributed by atoms with Crippen molar-refractivity contribution in [2.24, 2.45) is 11.8 Å². The zero-order valence-electron chi connectivity index (χ0n) is 28.2. The van der Waals surface area contributed by atoms with Crippen molar-refractivity contribution in [2.45, 2.75) is 88.1 Å². The molecule has 0 spiro atoms. The molecular weight excluding hydrogens is 659 g/mol. The average molecular weight is 708 g/mol. The van der Waals surface area contributed by atoms with Gasteiger partial charge in [0.25, 0.3) is 0 Å². The molecule has 0 amide bonds. The first-order valence-corrected chi connectivity index (χ1v) is 19.5. The van der Waals surface area contributed by atoms with E-state index in [9.17, 15) is 24.9 Å². The maximum atomic E-state index is 13.6. The molecule has 3 aromatic heterocycles. The molecule has 9 nitrogen and oxygen atoms in total. The van der Waals surface area contributed by atoms with Gasteiger partial charge in [-0.15, -0.1) is 22.7 Å². The van der Waals surface area contributed by atoms with E-state index in [4.69, 9.17) is 4.74 Å². The van der Waals surface area contributed by atoms with E-state index >= 15 is 0 Å². The van der Waals surface area contributed by atoms with Crippen molar-refractivity contribution in [3.05, 3.63) is 85.0 Å². The number of carbonyl (C=O) groups is 1. The lowest BCUT2D eigenvalue weighted by Gasteiger charge is -2.31. The number of fused-ring (bicyclic) bond motifs is 3. The van der Waals surface area contributed by atoms with E-state index < -0.39 is 17.7 Å². The highest BCUT2D eigenvalue weighted by Crippen LogP contribution is 2.49. The smallest absolute Gasteiger partial charge is 0.349 e. The standard InChI is InChI=1S/C38H49N3O6S2/c1-41(36-25-13-14-28(36)31(23-25)47-37(45)38(46,32-11-9-21-48-32)33-12-10-22-49-33)20-8-6-4-2-3-5-7-19-39-24-30(43)26-15-17-29(42)35-27(26)16-18-34(44)40-35/h9-12,15-18,21-22,25,28,30-31,36,39,42-43,46H,2-8,13-14,19-20,23-24H2,1H3,(H,40,44)/t25-,28+,30-,31+,36-/m0/s1. The van der Waals surface area contributed by atoms with E-state index in [1.807, 2.05) is 35.0 Å². The van der Waals surface area contributed by atoms with Gasteiger partial charge in [-0.1, -0.05) is 50.3 Å². The van der Waals surface area contributed by atoms with E-state index in [0.29, 0.717) is 50.6 Å². The number of aromatic nitrogens is 1. The highest BCUT2D eigenvalue weighted by atomic mass is 32.1. The molecule has 0 saturated heterocycles. The van der Waals surface area contributed by atoms with Gasteiger partial charge in [0.05, 0.1) is 21.4 Å². The number of esters is 1. The lowest BCUT2D eigenvalue weighted by atomic mass is 9.96. The number of phenolic OH excluding ortho intramolecular Hbond substituents is 1. The van der Waals surface area contributed by atoms with Gasteiger partial charge in [0.15, 0.2) is 0 Å². The summed E-state index contributed by atoms with van der Waals surface area (Å²) in [6, 6.07) is 14.0. The molecule has 264 valence electrons. The van der Waals surface area contributed by atoms with Crippen LogP contribution in [0.15, 0.2) is 64.1 Å². The first kappa shape index (κ1) is 35.8. The zero-order chi connectivity index (χ0) is 34.4. The molecule has 6 rings (SSSR count). The van der Waals surface area contributed by atoms with Crippen LogP contribution in [0.2, 0.25) is 0 Å². The molecule has 1 aromatic carbocycles. The minimum atomic E-state index is -1.75. The van der Waals surface area contributed by atoms with E-state index in [1.54, 1.807) is 12.1 Å². The van der Waals surface area contributed by atoms with Gasteiger partial charge in [0.1, 0.15) is 11.9 Å². The molecule has 0 aliphatic heterocycles. The number of benzene rings is 1. The minimum Gasteiger partial charge on any atom is -0.506 e. The van der Waals surface area contributed by atoms with Gasteiger partial charge in [0.2, 0.25) is 11.2 Å². The monoisotopic (exact) mass is 707 g/mol. The summed E-state index contributed by atoms with van der Waals surface area (Å²) < 4.78 is 6.16. The number of hydrogen-bond acceptors (Lipinski definition) is 10. The molecule has 2 aliphatic rings. The number of H-pyrrole nitrogens is 1. The number of thiophene rings is 2. The fourth-order valence-corrected chi connectivity index (χ4v) is 9.83. The predicted molar refractivity (Wildman–Crippen MR) is 195 cm³/mol. The fourth-order valence-electron chi connectivity index (χ4n) is 8.11. The maximum absolute atomic E-state index is 13.6. The van der Waals surface area contributed by atoms with E-state index in [1.165, 1.54) is 66.9 Å². The number of aliphatic hydroxyl groups excluding tert-OH is 1. The molecule has 2 fully saturated rings. The molecule has 4 aromatic rings. The lowest BCUT2D eigenvalue weighted by Crippen LogP contribution is -2.42. The molecule has 49 heavy (non-hydrogen) atoms. The third kappa shape index (κ3) is 7.97. The normalized spacial score (nSPS) is 21.1. The van der Waals surface area contributed by atoms with Crippen LogP contribution in [-0.2, 0) is 15.1 Å². The Hall–Kier alpha value is -3.06. The number of nitrogens with zero attached hydrogens (tertiary/aromatic N) is 1. The van der Waals surface area contributed by atoms with Crippen molar-refractivity contribution < 1.29 is 24.9 Å². The van der Waals surface area contributed by atoms with Crippen LogP contribution in [0.25, 0.3) is 10.9 Å². The molecule has 2 aliphatic carbocycles. The molecule has 3 heterocycles. The van der Waals surface area contributed by atoms with Gasteiger partial charge in [0, 0.05) is 30.0 Å². The third-order valence-electron chi connectivity index (χ3n) is 10.6. The number of carbonyl (C=O) groups excluding carboxylic acids is 1. The number of rotatable bonds is 18. The molecule has 2 saturated carbocycles. The summed E-state index contributed by atoms with van der Waals surface area (Å²) in [4.78, 5) is 31.6. The molecule has 5 atom stereocenters. The van der Waals surface area contributed by atoms with Crippen LogP contribution in [-0.4, -0.2) is 70.0 Å². The maximum Gasteiger partial charge on any atom is 0.349 e. The summed E-state index contributed by atoms with van der Waals surface area (Å²) in [5.41, 5.74) is -1.01. The number of aromatic amines is 1. The summed E-state index contributed by atoms with van der Waals surface area (Å²) in [6.45, 7) is 2.28. The topological polar surface area (TPSA) is 135 Å². The number of aromatic hydroxyl groups is 1. The van der Waals surface area contributed by atoms with Crippen molar-refractivity contribution in [3.63, 3.8) is 0 Å². The summed E-state index contributed by atoms with van der Waals surface area (Å²) in [7, 11) is 2.22. The summed E-state index contributed by atoms with van der Waals surface area (Å²) in [5, 5.41) is 40.2. The van der Waals surface area contributed by atoms with Crippen LogP contribution in [0.4, 0.5) is 0 Å². The van der Waals surface area contributed by atoms with Crippen LogP contribution in [0.3, 0.4) is 0 Å². The van der Waals surface area contributed by atoms with Gasteiger partial charge in [-0.05, 0) is 98.7 Å². The van der Waals surface area contributed by atoms with Crippen LogP contribution in [0.1, 0.15) is 85.6 Å². The Bertz CT molecular complexity index is 1670. The number of unbranched alkanes of at least 4 members (excludes halogenated alkanes) is 6. The van der Waals surface area contributed by atoms with Gasteiger partial charge >= 0.3 is 5.97 Å². The molecule has 5 N–H and O–H groups in total. The largest absolute Gasteiger partial charge is 0.506 e. The molecule has 0 unspecified atom stereocenters. The van der Waals surface area contributed by atoms with E-state index in [-0.39, 0.29) is 17.4 Å². The Morgan fingerprint density at radius 1 is 1.00 bits per heavy atom. The van der Waals surface area contributed by atoms with Crippen LogP contribution >= 0.6 is 22.7 Å². The highest BCUT2D eigenvalue weighted by molar-refractivity contribution is 7.12. The highest BCUT2D eigenvalue weighted by Gasteiger charge is 2.53. The Balaban J connectivity index is 0.852. The molecule has 0 radical (unpaired) electrons. The second kappa shape index (κ2) is 16.3. The van der Waals surface area contributed by atoms with Crippen LogP contribution < -0.4 is 10.9 Å². The third-order valence-corrected chi connectivity index (χ3v) is 12.5. The Morgan fingerprint density at radius 2 is 1.69 bits per heavy atom. The zero-order valence-corrected chi connectivity index (χ0v) is 29.8. The minimum absolute atomic E-state index is 0.00622. The predicted octanol–water partition coefficient (Wildman–Crippen LogP) is 6.29. The van der Waals surface area contributed by atoms with Crippen molar-refractivity contribution in [1.29, 1.82) is 0 Å². The number of aliphatic hydroxyl groups is 2. The van der Waals surface area contributed by atoms with Crippen molar-refractivity contribution in [2.75, 3.05) is 26.7 Å². The van der Waals surface area contributed by atoms with Gasteiger partial charge in [-0.25, -0.2) is 4.79 Å². The van der Waals surface area contributed by atoms with E-state index in [2.05, 4.69) is 22.2 Å². The van der Waals surface area contributed by atoms with Gasteiger partial charge in [-0.3, -0.25) is 4.79 Å². The van der Waals surface area contributed by atoms with Gasteiger partial charge < -0.3 is 35.3 Å². The summed E-state index contributed by atoms with van der Waals surface area (Å²) in [5.74, 6) is 0.293. The van der Waals surface area contributed by atoms with Gasteiger partial charge in [-0.2, -0.15) is 0 Å². The van der Waals surface area contributed by atoms with Crippen LogP contribution in [0, 0.1) is 11.8 Å². The molecular formula is C38H49N3O6S2. The first-order chi connectivity index (χ1) is 23.8. The second-order valence-corrected chi connectivity index (χ2v) is 15.7. The fraction of sp³-hybridized carbons (Fsp3) is 0.526. The van der Waals surface area contributed by atoms with Crippen molar-refractivity contribution >= 4 is 39.5 Å². The summed E-state index contributed by atoms with van der Waals surface area (Å²) >= 11 is 2.76. The van der Waals surface area contributed by atoms with E-state index in [0.717, 1.165) is 45.2 Å². The Labute approximate surface area is 296 Å². The SMILES string of the molecule is CN(CCCCCCCCCNC[C@H](O)c1ccc(O)c2[nH]c(=O)ccc12)[C@H]1[C@H]2CC[C@@H]1[C@H](OC(=O)C(O)(c1cccs1)c1cccs1)C2. The number of phenols is 1. The Kier molecular flexibility index (Phi) is 11.9. The number of nitrogens with one attached hydrogen (secondary N) is 2. The number of ether oxygens (including phenoxy) is 1. The lowest BCUT2D eigenvalue weighted by molar-refractivity contribution is -0.170. The van der Waals surface area contributed by atoms with Crippen molar-refractivity contribution in [1.82, 2.24) is 15.2 Å². The molecule has 2 bridgehead atoms. The quantitative estimate of drug-likeness (QED) is 0.0602. The van der Waals surface area contributed by atoms with Crippen molar-refractivity contribution in [3.8, 4) is 5.75 Å². The molecule has 11 heteroatoms. The number of pyridine rings is 1. The average Bonchev–Trinajstić information content (AvgIpc) is 3.93. The first-order valence-electron chi connectivity index (χ1n) is 17.7. The second-order valence-electron chi connectivity index (χ2n) is 13.8. The van der Waals surface area contributed by atoms with Crippen LogP contribution in [0.5, 0.6) is 5.75 Å².